The maximum atomic E-state index is 12.5. The number of Topliss-reactive ketones (excluding diaryl/α,β-unsaturated/α-hetero) is 1. The van der Waals surface area contributed by atoms with Crippen molar-refractivity contribution in [3.05, 3.63) is 51.4 Å². The van der Waals surface area contributed by atoms with Crippen LogP contribution in [0.15, 0.2) is 29.1 Å². The van der Waals surface area contributed by atoms with Gasteiger partial charge < -0.3 is 19.8 Å². The molecule has 0 radical (unpaired) electrons. The molecule has 130 valence electrons. The summed E-state index contributed by atoms with van der Waals surface area (Å²) in [5, 5.41) is 2.64. The second-order valence-electron chi connectivity index (χ2n) is 5.74. The van der Waals surface area contributed by atoms with Gasteiger partial charge in [0, 0.05) is 41.6 Å². The summed E-state index contributed by atoms with van der Waals surface area (Å²) < 4.78 is 10.3. The van der Waals surface area contributed by atoms with Gasteiger partial charge in [-0.25, -0.2) is 0 Å². The number of amides is 1. The lowest BCUT2D eigenvalue weighted by molar-refractivity contribution is 0.0971. The number of hydrogen-bond acceptors (Lipinski definition) is 5. The highest BCUT2D eigenvalue weighted by Gasteiger charge is 2.22. The van der Waals surface area contributed by atoms with Gasteiger partial charge in [0.25, 0.3) is 11.5 Å². The van der Waals surface area contributed by atoms with Crippen molar-refractivity contribution in [1.29, 1.82) is 0 Å². The van der Waals surface area contributed by atoms with E-state index in [1.54, 1.807) is 18.2 Å². The van der Waals surface area contributed by atoms with Crippen LogP contribution in [0.25, 0.3) is 0 Å². The highest BCUT2D eigenvalue weighted by atomic mass is 16.5. The number of aryl methyl sites for hydroxylation is 1. The first-order valence-electron chi connectivity index (χ1n) is 7.85. The molecule has 2 aromatic rings. The van der Waals surface area contributed by atoms with E-state index in [2.05, 4.69) is 10.3 Å². The molecule has 0 fully saturated rings. The molecule has 1 aromatic heterocycles. The summed E-state index contributed by atoms with van der Waals surface area (Å²) >= 11 is 0. The average Bonchev–Trinajstić information content (AvgIpc) is 2.61. The number of carbonyl (C=O) groups excluding carboxylic acids is 2. The minimum Gasteiger partial charge on any atom is -0.497 e. The van der Waals surface area contributed by atoms with E-state index in [4.69, 9.17) is 9.47 Å². The Bertz CT molecular complexity index is 879. The zero-order chi connectivity index (χ0) is 18.0. The van der Waals surface area contributed by atoms with Crippen LogP contribution in [0.5, 0.6) is 11.5 Å². The van der Waals surface area contributed by atoms with Gasteiger partial charge in [-0.15, -0.1) is 0 Å². The third kappa shape index (κ3) is 3.40. The molecule has 0 saturated heterocycles. The van der Waals surface area contributed by atoms with Crippen LogP contribution in [0.1, 0.15) is 39.3 Å². The van der Waals surface area contributed by atoms with E-state index in [0.29, 0.717) is 47.7 Å². The van der Waals surface area contributed by atoms with Crippen LogP contribution in [-0.4, -0.2) is 30.9 Å². The highest BCUT2D eigenvalue weighted by Crippen LogP contribution is 2.26. The summed E-state index contributed by atoms with van der Waals surface area (Å²) in [4.78, 5) is 39.4. The second kappa shape index (κ2) is 6.80. The lowest BCUT2D eigenvalue weighted by Crippen LogP contribution is -2.27. The Hall–Kier alpha value is -3.09. The number of nitrogens with one attached hydrogen (secondary N) is 2. The van der Waals surface area contributed by atoms with Crippen LogP contribution < -0.4 is 20.3 Å². The van der Waals surface area contributed by atoms with Crippen molar-refractivity contribution >= 4 is 17.4 Å². The van der Waals surface area contributed by atoms with Crippen LogP contribution in [0, 0.1) is 0 Å². The fourth-order valence-corrected chi connectivity index (χ4v) is 2.82. The first kappa shape index (κ1) is 16.8. The molecular formula is C18H18N2O5. The summed E-state index contributed by atoms with van der Waals surface area (Å²) in [7, 11) is 3.00. The van der Waals surface area contributed by atoms with Crippen molar-refractivity contribution in [1.82, 2.24) is 4.98 Å². The Morgan fingerprint density at radius 3 is 2.36 bits per heavy atom. The van der Waals surface area contributed by atoms with E-state index in [-0.39, 0.29) is 11.3 Å². The van der Waals surface area contributed by atoms with Crippen LogP contribution in [0.2, 0.25) is 0 Å². The van der Waals surface area contributed by atoms with Crippen molar-refractivity contribution in [3.8, 4) is 11.5 Å². The smallest absolute Gasteiger partial charge is 0.261 e. The van der Waals surface area contributed by atoms with Crippen LogP contribution in [0.4, 0.5) is 5.69 Å². The third-order valence-corrected chi connectivity index (χ3v) is 4.11. The van der Waals surface area contributed by atoms with Crippen molar-refractivity contribution in [3.63, 3.8) is 0 Å². The Morgan fingerprint density at radius 2 is 1.72 bits per heavy atom. The Morgan fingerprint density at radius 1 is 1.04 bits per heavy atom. The molecule has 0 bridgehead atoms. The van der Waals surface area contributed by atoms with E-state index < -0.39 is 11.5 Å². The predicted octanol–water partition coefficient (Wildman–Crippen LogP) is 2.16. The first-order valence-corrected chi connectivity index (χ1v) is 7.85. The van der Waals surface area contributed by atoms with E-state index >= 15 is 0 Å². The number of benzene rings is 1. The number of aromatic nitrogens is 1. The zero-order valence-corrected chi connectivity index (χ0v) is 14.0. The molecule has 2 N–H and O–H groups in total. The van der Waals surface area contributed by atoms with Crippen LogP contribution >= 0.6 is 0 Å². The summed E-state index contributed by atoms with van der Waals surface area (Å²) in [6.45, 7) is 0. The first-order chi connectivity index (χ1) is 12.0. The third-order valence-electron chi connectivity index (χ3n) is 4.11. The van der Waals surface area contributed by atoms with Gasteiger partial charge in [0.2, 0.25) is 0 Å². The van der Waals surface area contributed by atoms with Gasteiger partial charge in [0.15, 0.2) is 5.78 Å². The second-order valence-corrected chi connectivity index (χ2v) is 5.74. The molecule has 0 aliphatic heterocycles. The molecule has 1 aliphatic rings. The molecule has 7 heteroatoms. The predicted molar refractivity (Wildman–Crippen MR) is 91.8 cm³/mol. The lowest BCUT2D eigenvalue weighted by Gasteiger charge is -2.15. The number of hydrogen-bond donors (Lipinski definition) is 2. The average molecular weight is 342 g/mol. The summed E-state index contributed by atoms with van der Waals surface area (Å²) in [5.41, 5.74) is 0.821. The van der Waals surface area contributed by atoms with Crippen LogP contribution in [0.3, 0.4) is 0 Å². The van der Waals surface area contributed by atoms with Gasteiger partial charge in [0.1, 0.15) is 17.1 Å². The summed E-state index contributed by atoms with van der Waals surface area (Å²) in [5.74, 6) is 0.348. The van der Waals surface area contributed by atoms with Gasteiger partial charge in [-0.05, 0) is 18.9 Å². The summed E-state index contributed by atoms with van der Waals surface area (Å²) in [6, 6.07) is 6.26. The maximum Gasteiger partial charge on any atom is 0.261 e. The fraction of sp³-hybridized carbons (Fsp3) is 0.278. The molecule has 0 atom stereocenters. The number of carbonyl (C=O) groups is 2. The number of aromatic amines is 1. The Kier molecular flexibility index (Phi) is 4.56. The number of pyridine rings is 1. The number of ketones is 1. The van der Waals surface area contributed by atoms with Crippen molar-refractivity contribution < 1.29 is 19.1 Å². The summed E-state index contributed by atoms with van der Waals surface area (Å²) in [6.07, 6.45) is 1.76. The van der Waals surface area contributed by atoms with E-state index in [0.717, 1.165) is 0 Å². The molecule has 7 nitrogen and oxygen atoms in total. The number of H-pyrrole nitrogens is 1. The molecular weight excluding hydrogens is 324 g/mol. The van der Waals surface area contributed by atoms with Gasteiger partial charge in [-0.1, -0.05) is 0 Å². The van der Waals surface area contributed by atoms with E-state index in [1.807, 2.05) is 0 Å². The standard InChI is InChI=1S/C18H18N2O5/c1-24-11-6-10(7-12(8-11)25-2)19-17(22)14-9-13-15(20-18(14)23)4-3-5-16(13)21/h6-9H,3-5H2,1-2H3,(H,19,22)(H,20,23). The highest BCUT2D eigenvalue weighted by molar-refractivity contribution is 6.06. The molecule has 0 spiro atoms. The molecule has 3 rings (SSSR count). The molecule has 1 amide bonds. The molecule has 0 saturated carbocycles. The van der Waals surface area contributed by atoms with Gasteiger partial charge in [0.05, 0.1) is 14.2 Å². The van der Waals surface area contributed by atoms with Crippen LogP contribution in [-0.2, 0) is 6.42 Å². The SMILES string of the molecule is COc1cc(NC(=O)c2cc3c([nH]c2=O)CCCC3=O)cc(OC)c1. The number of ether oxygens (including phenoxy) is 2. The normalized spacial score (nSPS) is 13.1. The molecule has 1 aromatic carbocycles. The zero-order valence-electron chi connectivity index (χ0n) is 14.0. The number of methoxy groups -OCH3 is 2. The van der Waals surface area contributed by atoms with Crippen molar-refractivity contribution in [2.75, 3.05) is 19.5 Å². The fourth-order valence-electron chi connectivity index (χ4n) is 2.82. The van der Waals surface area contributed by atoms with Crippen molar-refractivity contribution in [2.45, 2.75) is 19.3 Å². The van der Waals surface area contributed by atoms with Crippen molar-refractivity contribution in [2.24, 2.45) is 0 Å². The molecule has 0 unspecified atom stereocenters. The number of anilines is 1. The maximum absolute atomic E-state index is 12.5. The van der Waals surface area contributed by atoms with E-state index in [9.17, 15) is 14.4 Å². The van der Waals surface area contributed by atoms with Gasteiger partial charge >= 0.3 is 0 Å². The number of fused-ring (bicyclic) bond motifs is 1. The number of rotatable bonds is 4. The lowest BCUT2D eigenvalue weighted by atomic mass is 9.93. The molecule has 1 heterocycles. The Labute approximate surface area is 144 Å². The van der Waals surface area contributed by atoms with Gasteiger partial charge in [-0.3, -0.25) is 14.4 Å². The van der Waals surface area contributed by atoms with Gasteiger partial charge in [-0.2, -0.15) is 0 Å². The molecule has 25 heavy (non-hydrogen) atoms. The molecule has 1 aliphatic carbocycles. The van der Waals surface area contributed by atoms with E-state index in [1.165, 1.54) is 20.3 Å². The Balaban J connectivity index is 1.93. The monoisotopic (exact) mass is 342 g/mol. The quantitative estimate of drug-likeness (QED) is 0.887. The minimum absolute atomic E-state index is 0.0606. The largest absolute Gasteiger partial charge is 0.497 e. The minimum atomic E-state index is -0.599. The topological polar surface area (TPSA) is 97.5 Å².